The molecular formula is C15H20N6O2S. The first-order valence-corrected chi connectivity index (χ1v) is 8.38. The number of rotatable bonds is 4. The van der Waals surface area contributed by atoms with Crippen LogP contribution in [-0.4, -0.2) is 48.7 Å². The molecule has 0 radical (unpaired) electrons. The van der Waals surface area contributed by atoms with Crippen molar-refractivity contribution in [2.75, 3.05) is 49.3 Å². The maximum atomic E-state index is 12.0. The Balaban J connectivity index is 1.87. The molecule has 24 heavy (non-hydrogen) atoms. The second kappa shape index (κ2) is 6.54. The van der Waals surface area contributed by atoms with Crippen molar-refractivity contribution in [2.45, 2.75) is 0 Å². The van der Waals surface area contributed by atoms with Crippen LogP contribution in [0.15, 0.2) is 29.1 Å². The van der Waals surface area contributed by atoms with Gasteiger partial charge in [0.2, 0.25) is 5.91 Å². The quantitative estimate of drug-likeness (QED) is 0.682. The van der Waals surface area contributed by atoms with Crippen LogP contribution in [0.3, 0.4) is 0 Å². The number of primary amides is 1. The number of anilines is 3. The van der Waals surface area contributed by atoms with Crippen LogP contribution < -0.4 is 26.7 Å². The van der Waals surface area contributed by atoms with Gasteiger partial charge in [0.1, 0.15) is 5.00 Å². The van der Waals surface area contributed by atoms with E-state index < -0.39 is 5.91 Å². The van der Waals surface area contributed by atoms with Crippen molar-refractivity contribution in [2.24, 2.45) is 5.73 Å². The highest BCUT2D eigenvalue weighted by Gasteiger charge is 2.22. The number of nitrogens with two attached hydrogens (primary N) is 2. The predicted octanol–water partition coefficient (Wildman–Crippen LogP) is 0.218. The molecule has 8 nitrogen and oxygen atoms in total. The van der Waals surface area contributed by atoms with Gasteiger partial charge in [0, 0.05) is 37.4 Å². The number of carbonyl (C=O) groups is 1. The van der Waals surface area contributed by atoms with E-state index in [4.69, 9.17) is 11.6 Å². The van der Waals surface area contributed by atoms with Gasteiger partial charge in [-0.15, -0.1) is 0 Å². The molecule has 1 amide bonds. The van der Waals surface area contributed by atoms with Crippen LogP contribution in [0.5, 0.6) is 0 Å². The number of hydrogen-bond donors (Lipinski definition) is 3. The van der Waals surface area contributed by atoms with Crippen LogP contribution in [-0.2, 0) is 0 Å². The monoisotopic (exact) mass is 348 g/mol. The van der Waals surface area contributed by atoms with Crippen molar-refractivity contribution < 1.29 is 4.79 Å². The molecule has 1 aromatic carbocycles. The molecule has 0 unspecified atom stereocenters. The van der Waals surface area contributed by atoms with Gasteiger partial charge in [-0.25, -0.2) is 0 Å². The Labute approximate surface area is 143 Å². The first-order chi connectivity index (χ1) is 11.5. The van der Waals surface area contributed by atoms with E-state index in [0.717, 1.165) is 52.9 Å². The number of nitrogen functional groups attached to an aromatic ring is 1. The number of likely N-dealkylation sites (N-methyl/N-ethyl adjacent to an activating group) is 1. The molecule has 9 heteroatoms. The zero-order chi connectivity index (χ0) is 17.3. The van der Waals surface area contributed by atoms with Gasteiger partial charge >= 0.3 is 4.87 Å². The highest BCUT2D eigenvalue weighted by atomic mass is 32.1. The SMILES string of the molecule is CN1CCN(c2sc(=O)n(N)c2Nc2ccc(C(N)=O)cc2)CC1. The fourth-order valence-electron chi connectivity index (χ4n) is 2.57. The molecule has 0 aliphatic carbocycles. The summed E-state index contributed by atoms with van der Waals surface area (Å²) in [5.74, 6) is 5.98. The first-order valence-electron chi connectivity index (χ1n) is 7.57. The molecule has 1 aliphatic heterocycles. The number of nitrogens with one attached hydrogen (secondary N) is 1. The molecular weight excluding hydrogens is 328 g/mol. The molecule has 0 spiro atoms. The van der Waals surface area contributed by atoms with E-state index in [2.05, 4.69) is 22.2 Å². The Kier molecular flexibility index (Phi) is 4.45. The summed E-state index contributed by atoms with van der Waals surface area (Å²) < 4.78 is 1.13. The zero-order valence-corrected chi connectivity index (χ0v) is 14.2. The smallest absolute Gasteiger partial charge is 0.329 e. The summed E-state index contributed by atoms with van der Waals surface area (Å²) in [6.07, 6.45) is 0. The van der Waals surface area contributed by atoms with Gasteiger partial charge < -0.3 is 26.7 Å². The van der Waals surface area contributed by atoms with E-state index in [-0.39, 0.29) is 4.87 Å². The molecule has 1 aliphatic rings. The Morgan fingerprint density at radius 2 is 1.79 bits per heavy atom. The first kappa shape index (κ1) is 16.3. The fourth-order valence-corrected chi connectivity index (χ4v) is 3.48. The number of aromatic nitrogens is 1. The molecule has 0 atom stereocenters. The highest BCUT2D eigenvalue weighted by Crippen LogP contribution is 2.31. The Morgan fingerprint density at radius 3 is 2.38 bits per heavy atom. The topological polar surface area (TPSA) is 110 Å². The number of nitrogens with zero attached hydrogens (tertiary/aromatic N) is 3. The van der Waals surface area contributed by atoms with E-state index in [1.807, 2.05) is 0 Å². The van der Waals surface area contributed by atoms with E-state index in [0.29, 0.717) is 11.4 Å². The number of carbonyl (C=O) groups excluding carboxylic acids is 1. The maximum Gasteiger partial charge on any atom is 0.329 e. The number of hydrogen-bond acceptors (Lipinski definition) is 7. The highest BCUT2D eigenvalue weighted by molar-refractivity contribution is 7.14. The van der Waals surface area contributed by atoms with Crippen LogP contribution in [0.4, 0.5) is 16.5 Å². The summed E-state index contributed by atoms with van der Waals surface area (Å²) >= 11 is 1.13. The third kappa shape index (κ3) is 3.22. The minimum absolute atomic E-state index is 0.222. The molecule has 2 aromatic rings. The number of piperazine rings is 1. The molecule has 128 valence electrons. The van der Waals surface area contributed by atoms with Crippen molar-refractivity contribution in [1.29, 1.82) is 0 Å². The summed E-state index contributed by atoms with van der Waals surface area (Å²) in [7, 11) is 2.08. The lowest BCUT2D eigenvalue weighted by Gasteiger charge is -2.33. The second-order valence-corrected chi connectivity index (χ2v) is 6.69. The normalized spacial score (nSPS) is 15.5. The molecule has 3 rings (SSSR count). The van der Waals surface area contributed by atoms with Crippen LogP contribution in [0.2, 0.25) is 0 Å². The fraction of sp³-hybridized carbons (Fsp3) is 0.333. The van der Waals surface area contributed by atoms with E-state index in [1.54, 1.807) is 24.3 Å². The molecule has 0 bridgehead atoms. The summed E-state index contributed by atoms with van der Waals surface area (Å²) in [5.41, 5.74) is 6.40. The van der Waals surface area contributed by atoms with E-state index >= 15 is 0 Å². The van der Waals surface area contributed by atoms with Crippen molar-refractivity contribution in [3.05, 3.63) is 39.5 Å². The number of benzene rings is 1. The van der Waals surface area contributed by atoms with Crippen LogP contribution >= 0.6 is 11.3 Å². The second-order valence-electron chi connectivity index (χ2n) is 5.75. The van der Waals surface area contributed by atoms with Gasteiger partial charge in [0.05, 0.1) is 0 Å². The zero-order valence-electron chi connectivity index (χ0n) is 13.4. The molecule has 0 saturated carbocycles. The largest absolute Gasteiger partial charge is 0.366 e. The molecule has 5 N–H and O–H groups in total. The van der Waals surface area contributed by atoms with Gasteiger partial charge in [0.15, 0.2) is 5.82 Å². The lowest BCUT2D eigenvalue weighted by atomic mass is 10.2. The average molecular weight is 348 g/mol. The van der Waals surface area contributed by atoms with Crippen LogP contribution in [0.1, 0.15) is 10.4 Å². The van der Waals surface area contributed by atoms with Crippen LogP contribution in [0, 0.1) is 0 Å². The van der Waals surface area contributed by atoms with Gasteiger partial charge in [-0.2, -0.15) is 4.68 Å². The molecule has 1 aromatic heterocycles. The standard InChI is InChI=1S/C15H20N6O2S/c1-19-6-8-20(9-7-19)14-13(21(17)15(23)24-14)18-11-4-2-10(3-5-11)12(16)22/h2-5,18H,6-9,17H2,1H3,(H2,16,22). The average Bonchev–Trinajstić information content (AvgIpc) is 2.84. The number of thiazole rings is 1. The third-order valence-electron chi connectivity index (χ3n) is 4.05. The van der Waals surface area contributed by atoms with Crippen molar-refractivity contribution in [1.82, 2.24) is 9.58 Å². The summed E-state index contributed by atoms with van der Waals surface area (Å²) in [6, 6.07) is 6.73. The summed E-state index contributed by atoms with van der Waals surface area (Å²) in [6.45, 7) is 3.55. The van der Waals surface area contributed by atoms with Crippen molar-refractivity contribution >= 4 is 33.8 Å². The van der Waals surface area contributed by atoms with Crippen molar-refractivity contribution in [3.63, 3.8) is 0 Å². The summed E-state index contributed by atoms with van der Waals surface area (Å²) in [5, 5.41) is 4.01. The van der Waals surface area contributed by atoms with E-state index in [1.165, 1.54) is 0 Å². The van der Waals surface area contributed by atoms with Gasteiger partial charge in [-0.1, -0.05) is 11.3 Å². The van der Waals surface area contributed by atoms with Crippen LogP contribution in [0.25, 0.3) is 0 Å². The molecule has 2 heterocycles. The number of amides is 1. The molecule has 1 saturated heterocycles. The maximum absolute atomic E-state index is 12.0. The lowest BCUT2D eigenvalue weighted by molar-refractivity contribution is 0.100. The van der Waals surface area contributed by atoms with Crippen molar-refractivity contribution in [3.8, 4) is 0 Å². The van der Waals surface area contributed by atoms with E-state index in [9.17, 15) is 9.59 Å². The minimum Gasteiger partial charge on any atom is -0.366 e. The summed E-state index contributed by atoms with van der Waals surface area (Å²) in [4.78, 5) is 27.3. The van der Waals surface area contributed by atoms with Gasteiger partial charge in [-0.05, 0) is 31.3 Å². The molecule has 1 fully saturated rings. The van der Waals surface area contributed by atoms with Gasteiger partial charge in [-0.3, -0.25) is 9.59 Å². The minimum atomic E-state index is -0.481. The lowest BCUT2D eigenvalue weighted by Crippen LogP contribution is -2.44. The van der Waals surface area contributed by atoms with Gasteiger partial charge in [0.25, 0.3) is 0 Å². The predicted molar refractivity (Wildman–Crippen MR) is 96.7 cm³/mol. The Hall–Kier alpha value is -2.52. The Bertz CT molecular complexity index is 789. The third-order valence-corrected chi connectivity index (χ3v) is 5.06. The Morgan fingerprint density at radius 1 is 1.17 bits per heavy atom.